The zero-order valence-electron chi connectivity index (χ0n) is 11.4. The lowest BCUT2D eigenvalue weighted by atomic mass is 9.79. The van der Waals surface area contributed by atoms with Gasteiger partial charge in [-0.2, -0.15) is 0 Å². The van der Waals surface area contributed by atoms with Crippen LogP contribution in [0.25, 0.3) is 0 Å². The molecular weight excluding hydrogens is 248 g/mol. The van der Waals surface area contributed by atoms with Gasteiger partial charge in [-0.15, -0.1) is 0 Å². The second-order valence-corrected chi connectivity index (χ2v) is 6.61. The molecular formula is C14H21ClN2O. The molecule has 1 fully saturated rings. The number of nitrogens with zero attached hydrogens (tertiary/aromatic N) is 1. The second-order valence-electron chi connectivity index (χ2n) is 6.20. The largest absolute Gasteiger partial charge is 0.369 e. The fourth-order valence-electron chi connectivity index (χ4n) is 3.04. The summed E-state index contributed by atoms with van der Waals surface area (Å²) in [4.78, 5) is 4.00. The molecule has 0 spiro atoms. The molecule has 100 valence electrons. The third kappa shape index (κ3) is 2.53. The van der Waals surface area contributed by atoms with Crippen molar-refractivity contribution in [3.63, 3.8) is 0 Å². The minimum atomic E-state index is -0.241. The molecule has 0 saturated carbocycles. The van der Waals surface area contributed by atoms with Crippen LogP contribution in [0, 0.1) is 5.92 Å². The number of pyridine rings is 1. The molecule has 0 bridgehead atoms. The summed E-state index contributed by atoms with van der Waals surface area (Å²) < 4.78 is 6.09. The van der Waals surface area contributed by atoms with E-state index in [9.17, 15) is 0 Å². The molecule has 3 nitrogen and oxygen atoms in total. The molecule has 2 atom stereocenters. The summed E-state index contributed by atoms with van der Waals surface area (Å²) in [5.74, 6) is 0.243. The van der Waals surface area contributed by atoms with Crippen molar-refractivity contribution in [2.75, 3.05) is 0 Å². The summed E-state index contributed by atoms with van der Waals surface area (Å²) in [5.41, 5.74) is 6.98. The van der Waals surface area contributed by atoms with Gasteiger partial charge in [-0.25, -0.2) is 0 Å². The smallest absolute Gasteiger partial charge is 0.0680 e. The van der Waals surface area contributed by atoms with Gasteiger partial charge in [0.2, 0.25) is 0 Å². The summed E-state index contributed by atoms with van der Waals surface area (Å²) in [5, 5.41) is 0.630. The lowest BCUT2D eigenvalue weighted by Crippen LogP contribution is -2.36. The van der Waals surface area contributed by atoms with Crippen LogP contribution in [0.3, 0.4) is 0 Å². The molecule has 0 aromatic carbocycles. The average Bonchev–Trinajstić information content (AvgIpc) is 2.46. The Bertz CT molecular complexity index is 445. The van der Waals surface area contributed by atoms with Crippen LogP contribution >= 0.6 is 11.6 Å². The molecule has 0 aliphatic carbocycles. The summed E-state index contributed by atoms with van der Waals surface area (Å²) in [6.07, 6.45) is 4.31. The van der Waals surface area contributed by atoms with E-state index in [1.54, 1.807) is 12.4 Å². The van der Waals surface area contributed by atoms with E-state index in [4.69, 9.17) is 22.1 Å². The SMILES string of the molecule is CC1(C)CC(C(N)c2ccncc2Cl)C(C)(C)O1. The Morgan fingerprint density at radius 1 is 1.44 bits per heavy atom. The third-order valence-electron chi connectivity index (χ3n) is 3.74. The average molecular weight is 269 g/mol. The van der Waals surface area contributed by atoms with Crippen LogP contribution in [0.2, 0.25) is 5.02 Å². The number of ether oxygens (including phenoxy) is 1. The van der Waals surface area contributed by atoms with Gasteiger partial charge in [-0.05, 0) is 45.7 Å². The first-order valence-electron chi connectivity index (χ1n) is 6.28. The van der Waals surface area contributed by atoms with E-state index in [2.05, 4.69) is 32.7 Å². The van der Waals surface area contributed by atoms with Crippen LogP contribution in [-0.2, 0) is 4.74 Å². The first-order chi connectivity index (χ1) is 8.23. The van der Waals surface area contributed by atoms with E-state index in [1.807, 2.05) is 6.07 Å². The van der Waals surface area contributed by atoms with Gasteiger partial charge < -0.3 is 10.5 Å². The topological polar surface area (TPSA) is 48.1 Å². The summed E-state index contributed by atoms with van der Waals surface area (Å²) >= 11 is 6.18. The Kier molecular flexibility index (Phi) is 3.43. The fourth-order valence-corrected chi connectivity index (χ4v) is 3.28. The second kappa shape index (κ2) is 4.48. The van der Waals surface area contributed by atoms with Crippen molar-refractivity contribution in [2.24, 2.45) is 11.7 Å². The van der Waals surface area contributed by atoms with Crippen LogP contribution in [0.5, 0.6) is 0 Å². The molecule has 2 unspecified atom stereocenters. The number of hydrogen-bond acceptors (Lipinski definition) is 3. The van der Waals surface area contributed by atoms with Gasteiger partial charge in [0.15, 0.2) is 0 Å². The molecule has 1 aromatic heterocycles. The minimum Gasteiger partial charge on any atom is -0.369 e. The highest BCUT2D eigenvalue weighted by atomic mass is 35.5. The maximum absolute atomic E-state index is 6.41. The Morgan fingerprint density at radius 2 is 2.11 bits per heavy atom. The van der Waals surface area contributed by atoms with Crippen LogP contribution in [0.4, 0.5) is 0 Å². The molecule has 1 saturated heterocycles. The zero-order valence-corrected chi connectivity index (χ0v) is 12.2. The third-order valence-corrected chi connectivity index (χ3v) is 4.06. The van der Waals surface area contributed by atoms with E-state index in [-0.39, 0.29) is 23.2 Å². The van der Waals surface area contributed by atoms with E-state index in [1.165, 1.54) is 0 Å². The number of rotatable bonds is 2. The predicted molar refractivity (Wildman–Crippen MR) is 73.5 cm³/mol. The standard InChI is InChI=1S/C14H21ClN2O/c1-13(2)7-10(14(3,4)18-13)12(16)9-5-6-17-8-11(9)15/h5-6,8,10,12H,7,16H2,1-4H3. The van der Waals surface area contributed by atoms with Crippen molar-refractivity contribution in [1.29, 1.82) is 0 Å². The van der Waals surface area contributed by atoms with Crippen molar-refractivity contribution in [3.8, 4) is 0 Å². The minimum absolute atomic E-state index is 0.128. The molecule has 2 heterocycles. The van der Waals surface area contributed by atoms with Crippen molar-refractivity contribution < 1.29 is 4.74 Å². The molecule has 0 radical (unpaired) electrons. The summed E-state index contributed by atoms with van der Waals surface area (Å²) in [6.45, 7) is 8.41. The molecule has 18 heavy (non-hydrogen) atoms. The Morgan fingerprint density at radius 3 is 2.61 bits per heavy atom. The highest BCUT2D eigenvalue weighted by Gasteiger charge is 2.48. The predicted octanol–water partition coefficient (Wildman–Crippen LogP) is 3.33. The van der Waals surface area contributed by atoms with E-state index >= 15 is 0 Å². The number of nitrogens with two attached hydrogens (primary N) is 1. The monoisotopic (exact) mass is 268 g/mol. The van der Waals surface area contributed by atoms with Crippen molar-refractivity contribution >= 4 is 11.6 Å². The fraction of sp³-hybridized carbons (Fsp3) is 0.643. The van der Waals surface area contributed by atoms with Crippen LogP contribution in [0.1, 0.15) is 45.7 Å². The van der Waals surface area contributed by atoms with E-state index in [0.717, 1.165) is 12.0 Å². The summed E-state index contributed by atoms with van der Waals surface area (Å²) in [7, 11) is 0. The zero-order chi connectivity index (χ0) is 13.6. The highest BCUT2D eigenvalue weighted by Crippen LogP contribution is 2.47. The molecule has 1 aliphatic rings. The van der Waals surface area contributed by atoms with Gasteiger partial charge in [-0.3, -0.25) is 4.98 Å². The van der Waals surface area contributed by atoms with Gasteiger partial charge >= 0.3 is 0 Å². The maximum Gasteiger partial charge on any atom is 0.0680 e. The molecule has 4 heteroatoms. The Hall–Kier alpha value is -0.640. The van der Waals surface area contributed by atoms with Crippen LogP contribution in [-0.4, -0.2) is 16.2 Å². The number of hydrogen-bond donors (Lipinski definition) is 1. The molecule has 2 rings (SSSR count). The molecule has 0 amide bonds. The Balaban J connectivity index is 2.30. The van der Waals surface area contributed by atoms with Crippen molar-refractivity contribution in [1.82, 2.24) is 4.98 Å². The number of halogens is 1. The first-order valence-corrected chi connectivity index (χ1v) is 6.66. The lowest BCUT2D eigenvalue weighted by molar-refractivity contribution is -0.0767. The maximum atomic E-state index is 6.41. The van der Waals surface area contributed by atoms with Crippen LogP contribution < -0.4 is 5.73 Å². The quantitative estimate of drug-likeness (QED) is 0.895. The summed E-state index contributed by atoms with van der Waals surface area (Å²) in [6, 6.07) is 1.77. The lowest BCUT2D eigenvalue weighted by Gasteiger charge is -2.31. The highest BCUT2D eigenvalue weighted by molar-refractivity contribution is 6.31. The first kappa shape index (κ1) is 13.8. The molecule has 1 aliphatic heterocycles. The van der Waals surface area contributed by atoms with E-state index in [0.29, 0.717) is 5.02 Å². The number of aromatic nitrogens is 1. The molecule has 1 aromatic rings. The normalized spacial score (nSPS) is 27.1. The van der Waals surface area contributed by atoms with Crippen molar-refractivity contribution in [2.45, 2.75) is 51.4 Å². The Labute approximate surface area is 114 Å². The van der Waals surface area contributed by atoms with Crippen molar-refractivity contribution in [3.05, 3.63) is 29.0 Å². The van der Waals surface area contributed by atoms with Gasteiger partial charge in [0.1, 0.15) is 0 Å². The van der Waals surface area contributed by atoms with Gasteiger partial charge in [0, 0.05) is 24.4 Å². The van der Waals surface area contributed by atoms with Gasteiger partial charge in [-0.1, -0.05) is 11.6 Å². The molecule has 2 N–H and O–H groups in total. The van der Waals surface area contributed by atoms with Crippen LogP contribution in [0.15, 0.2) is 18.5 Å². The van der Waals surface area contributed by atoms with Gasteiger partial charge in [0.05, 0.1) is 16.2 Å². The van der Waals surface area contributed by atoms with Gasteiger partial charge in [0.25, 0.3) is 0 Å². The van der Waals surface area contributed by atoms with E-state index < -0.39 is 0 Å².